The van der Waals surface area contributed by atoms with Gasteiger partial charge in [0, 0.05) is 20.1 Å². The highest BCUT2D eigenvalue weighted by molar-refractivity contribution is 5.75. The first kappa shape index (κ1) is 13.1. The van der Waals surface area contributed by atoms with Crippen LogP contribution < -0.4 is 0 Å². The fourth-order valence-corrected chi connectivity index (χ4v) is 2.75. The van der Waals surface area contributed by atoms with Gasteiger partial charge in [0.05, 0.1) is 16.8 Å². The van der Waals surface area contributed by atoms with Crippen molar-refractivity contribution in [3.63, 3.8) is 0 Å². The molecule has 1 aliphatic rings. The average Bonchev–Trinajstić information content (AvgIpc) is 2.85. The summed E-state index contributed by atoms with van der Waals surface area (Å²) >= 11 is 0. The zero-order chi connectivity index (χ0) is 13.3. The zero-order valence-electron chi connectivity index (χ0n) is 11.3. The maximum atomic E-state index is 11.4. The predicted molar refractivity (Wildman–Crippen MR) is 68.2 cm³/mol. The van der Waals surface area contributed by atoms with Gasteiger partial charge in [0.1, 0.15) is 0 Å². The summed E-state index contributed by atoms with van der Waals surface area (Å²) < 4.78 is 1.88. The molecule has 1 fully saturated rings. The Kier molecular flexibility index (Phi) is 3.43. The van der Waals surface area contributed by atoms with E-state index in [-0.39, 0.29) is 0 Å². The first-order chi connectivity index (χ1) is 8.47. The lowest BCUT2D eigenvalue weighted by molar-refractivity contribution is -0.148. The van der Waals surface area contributed by atoms with E-state index in [1.165, 1.54) is 0 Å². The van der Waals surface area contributed by atoms with Gasteiger partial charge in [0.15, 0.2) is 0 Å². The van der Waals surface area contributed by atoms with Gasteiger partial charge in [-0.05, 0) is 32.4 Å². The molecular weight excluding hydrogens is 230 g/mol. The molecule has 1 aromatic rings. The van der Waals surface area contributed by atoms with Crippen molar-refractivity contribution >= 4 is 5.97 Å². The third-order valence-electron chi connectivity index (χ3n) is 4.05. The zero-order valence-corrected chi connectivity index (χ0v) is 11.3. The van der Waals surface area contributed by atoms with Gasteiger partial charge in [0.2, 0.25) is 0 Å². The molecule has 0 aromatic carbocycles. The second-order valence-corrected chi connectivity index (χ2v) is 5.30. The van der Waals surface area contributed by atoms with E-state index in [9.17, 15) is 9.90 Å². The Morgan fingerprint density at radius 2 is 2.33 bits per heavy atom. The summed E-state index contributed by atoms with van der Waals surface area (Å²) in [6.07, 6.45) is 1.44. The number of nitrogens with zero attached hydrogens (tertiary/aromatic N) is 3. The number of aryl methyl sites for hydroxylation is 2. The molecule has 1 N–H and O–H groups in total. The number of aliphatic carboxylic acids is 1. The maximum absolute atomic E-state index is 11.4. The van der Waals surface area contributed by atoms with Crippen LogP contribution in [0.1, 0.15) is 31.2 Å². The molecule has 0 spiro atoms. The molecule has 2 heterocycles. The average molecular weight is 251 g/mol. The summed E-state index contributed by atoms with van der Waals surface area (Å²) in [5, 5.41) is 13.7. The molecule has 5 heteroatoms. The highest BCUT2D eigenvalue weighted by Gasteiger charge is 2.43. The second-order valence-electron chi connectivity index (χ2n) is 5.30. The first-order valence-corrected chi connectivity index (χ1v) is 6.42. The van der Waals surface area contributed by atoms with Gasteiger partial charge in [-0.25, -0.2) is 0 Å². The van der Waals surface area contributed by atoms with Crippen molar-refractivity contribution < 1.29 is 9.90 Å². The molecule has 5 nitrogen and oxygen atoms in total. The van der Waals surface area contributed by atoms with Gasteiger partial charge < -0.3 is 5.11 Å². The minimum Gasteiger partial charge on any atom is -0.481 e. The van der Waals surface area contributed by atoms with Crippen LogP contribution in [0.4, 0.5) is 0 Å². The molecular formula is C13H21N3O2. The largest absolute Gasteiger partial charge is 0.481 e. The predicted octanol–water partition coefficient (Wildman–Crippen LogP) is 1.42. The Balaban J connectivity index is 2.06. The van der Waals surface area contributed by atoms with E-state index >= 15 is 0 Å². The number of carboxylic acid groups (broad SMARTS) is 1. The van der Waals surface area contributed by atoms with Gasteiger partial charge in [0.25, 0.3) is 0 Å². The maximum Gasteiger partial charge on any atom is 0.310 e. The van der Waals surface area contributed by atoms with E-state index < -0.39 is 11.4 Å². The van der Waals surface area contributed by atoms with Crippen LogP contribution in [0.25, 0.3) is 0 Å². The fraction of sp³-hybridized carbons (Fsp3) is 0.692. The second kappa shape index (κ2) is 4.72. The number of rotatable bonds is 4. The van der Waals surface area contributed by atoms with Crippen LogP contribution >= 0.6 is 0 Å². The molecule has 2 rings (SSSR count). The summed E-state index contributed by atoms with van der Waals surface area (Å²) in [4.78, 5) is 13.6. The van der Waals surface area contributed by atoms with Gasteiger partial charge in [-0.2, -0.15) is 5.10 Å². The third-order valence-corrected chi connectivity index (χ3v) is 4.05. The van der Waals surface area contributed by atoms with E-state index in [2.05, 4.69) is 16.1 Å². The fourth-order valence-electron chi connectivity index (χ4n) is 2.75. The van der Waals surface area contributed by atoms with Crippen LogP contribution in [0.15, 0.2) is 6.07 Å². The van der Waals surface area contributed by atoms with Crippen molar-refractivity contribution in [2.24, 2.45) is 12.5 Å². The standard InChI is InChI=1S/C13H21N3O2/c1-4-13(12(17)18)5-6-16(9-13)8-11-7-10(2)14-15(11)3/h7H,4-6,8-9H2,1-3H3,(H,17,18). The van der Waals surface area contributed by atoms with E-state index in [1.807, 2.05) is 25.6 Å². The molecule has 0 radical (unpaired) electrons. The Bertz CT molecular complexity index is 455. The molecule has 0 saturated carbocycles. The number of hydrogen-bond acceptors (Lipinski definition) is 3. The topological polar surface area (TPSA) is 58.4 Å². The van der Waals surface area contributed by atoms with E-state index in [0.29, 0.717) is 13.0 Å². The van der Waals surface area contributed by atoms with Crippen LogP contribution in [0.5, 0.6) is 0 Å². The van der Waals surface area contributed by atoms with Crippen molar-refractivity contribution in [2.75, 3.05) is 13.1 Å². The smallest absolute Gasteiger partial charge is 0.310 e. The molecule has 0 amide bonds. The molecule has 100 valence electrons. The summed E-state index contributed by atoms with van der Waals surface area (Å²) in [6.45, 7) is 6.21. The van der Waals surface area contributed by atoms with Crippen molar-refractivity contribution in [2.45, 2.75) is 33.2 Å². The lowest BCUT2D eigenvalue weighted by Gasteiger charge is -2.23. The van der Waals surface area contributed by atoms with E-state index in [1.54, 1.807) is 0 Å². The molecule has 1 atom stereocenters. The summed E-state index contributed by atoms with van der Waals surface area (Å²) in [7, 11) is 1.93. The highest BCUT2D eigenvalue weighted by Crippen LogP contribution is 2.34. The molecule has 0 bridgehead atoms. The summed E-state index contributed by atoms with van der Waals surface area (Å²) in [5.74, 6) is -0.659. The minimum atomic E-state index is -0.659. The number of carbonyl (C=O) groups is 1. The Morgan fingerprint density at radius 3 is 2.78 bits per heavy atom. The number of aromatic nitrogens is 2. The van der Waals surface area contributed by atoms with Crippen molar-refractivity contribution in [1.82, 2.24) is 14.7 Å². The van der Waals surface area contributed by atoms with Crippen molar-refractivity contribution in [3.05, 3.63) is 17.5 Å². The van der Waals surface area contributed by atoms with Crippen molar-refractivity contribution in [3.8, 4) is 0 Å². The molecule has 18 heavy (non-hydrogen) atoms. The molecule has 1 saturated heterocycles. The van der Waals surface area contributed by atoms with Crippen LogP contribution in [-0.4, -0.2) is 38.8 Å². The lowest BCUT2D eigenvalue weighted by Crippen LogP contribution is -2.34. The Labute approximate surface area is 107 Å². The van der Waals surface area contributed by atoms with E-state index in [0.717, 1.165) is 30.9 Å². The lowest BCUT2D eigenvalue weighted by atomic mass is 9.84. The monoisotopic (exact) mass is 251 g/mol. The number of likely N-dealkylation sites (tertiary alicyclic amines) is 1. The molecule has 1 unspecified atom stereocenters. The normalized spacial score (nSPS) is 24.6. The van der Waals surface area contributed by atoms with Crippen LogP contribution in [0, 0.1) is 12.3 Å². The molecule has 0 aliphatic carbocycles. The number of hydrogen-bond donors (Lipinski definition) is 1. The van der Waals surface area contributed by atoms with Gasteiger partial charge in [-0.15, -0.1) is 0 Å². The first-order valence-electron chi connectivity index (χ1n) is 6.42. The minimum absolute atomic E-state index is 0.548. The van der Waals surface area contributed by atoms with Crippen molar-refractivity contribution in [1.29, 1.82) is 0 Å². The highest BCUT2D eigenvalue weighted by atomic mass is 16.4. The Hall–Kier alpha value is -1.36. The van der Waals surface area contributed by atoms with Gasteiger partial charge >= 0.3 is 5.97 Å². The van der Waals surface area contributed by atoms with Gasteiger partial charge in [-0.3, -0.25) is 14.4 Å². The SMILES string of the molecule is CCC1(C(=O)O)CCN(Cc2cc(C)nn2C)C1. The summed E-state index contributed by atoms with van der Waals surface area (Å²) in [6, 6.07) is 2.06. The molecule has 1 aliphatic heterocycles. The summed E-state index contributed by atoms with van der Waals surface area (Å²) in [5.41, 5.74) is 1.60. The van der Waals surface area contributed by atoms with Crippen LogP contribution in [-0.2, 0) is 18.4 Å². The third kappa shape index (κ3) is 2.27. The molecule has 1 aromatic heterocycles. The quantitative estimate of drug-likeness (QED) is 0.879. The van der Waals surface area contributed by atoms with Gasteiger partial charge in [-0.1, -0.05) is 6.92 Å². The van der Waals surface area contributed by atoms with Crippen LogP contribution in [0.3, 0.4) is 0 Å². The van der Waals surface area contributed by atoms with Crippen LogP contribution in [0.2, 0.25) is 0 Å². The number of carboxylic acids is 1. The Morgan fingerprint density at radius 1 is 1.61 bits per heavy atom. The van der Waals surface area contributed by atoms with E-state index in [4.69, 9.17) is 0 Å².